The van der Waals surface area contributed by atoms with Crippen LogP contribution in [0.2, 0.25) is 0 Å². The number of nitrogens with zero attached hydrogens (tertiary/aromatic N) is 3. The molecular weight excluding hydrogens is 368 g/mol. The molecule has 7 heteroatoms. The van der Waals surface area contributed by atoms with E-state index in [1.54, 1.807) is 48.0 Å². The molecule has 0 aliphatic carbocycles. The minimum atomic E-state index is -0.356. The summed E-state index contributed by atoms with van der Waals surface area (Å²) in [6.07, 6.45) is 3.74. The number of anilines is 1. The van der Waals surface area contributed by atoms with Gasteiger partial charge in [0.2, 0.25) is 5.82 Å². The first kappa shape index (κ1) is 19.0. The highest BCUT2D eigenvalue weighted by Crippen LogP contribution is 2.21. The predicted molar refractivity (Wildman–Crippen MR) is 110 cm³/mol. The molecule has 1 aliphatic rings. The molecule has 150 valence electrons. The Morgan fingerprint density at radius 1 is 1.10 bits per heavy atom. The first-order valence-electron chi connectivity index (χ1n) is 9.78. The van der Waals surface area contributed by atoms with Gasteiger partial charge >= 0.3 is 0 Å². The molecule has 29 heavy (non-hydrogen) atoms. The molecule has 1 aliphatic heterocycles. The van der Waals surface area contributed by atoms with Gasteiger partial charge < -0.3 is 15.0 Å². The van der Waals surface area contributed by atoms with Crippen LogP contribution in [0.4, 0.5) is 5.69 Å². The maximum atomic E-state index is 13.1. The van der Waals surface area contributed by atoms with E-state index in [2.05, 4.69) is 17.2 Å². The Balaban J connectivity index is 1.63. The lowest BCUT2D eigenvalue weighted by Crippen LogP contribution is -2.38. The molecular formula is C22H24N4O3. The van der Waals surface area contributed by atoms with Crippen molar-refractivity contribution in [3.8, 4) is 5.75 Å². The van der Waals surface area contributed by atoms with Crippen LogP contribution < -0.4 is 10.1 Å². The number of aromatic nitrogens is 2. The zero-order valence-corrected chi connectivity index (χ0v) is 16.6. The largest absolute Gasteiger partial charge is 0.497 e. The number of piperidine rings is 1. The summed E-state index contributed by atoms with van der Waals surface area (Å²) in [6.45, 7) is 3.64. The van der Waals surface area contributed by atoms with Gasteiger partial charge in [-0.1, -0.05) is 13.0 Å². The molecule has 0 bridgehead atoms. The van der Waals surface area contributed by atoms with Crippen LogP contribution >= 0.6 is 0 Å². The summed E-state index contributed by atoms with van der Waals surface area (Å²) in [4.78, 5) is 32.3. The third kappa shape index (κ3) is 3.81. The molecule has 0 spiro atoms. The first-order valence-corrected chi connectivity index (χ1v) is 9.78. The van der Waals surface area contributed by atoms with Crippen molar-refractivity contribution in [3.05, 3.63) is 60.2 Å². The van der Waals surface area contributed by atoms with E-state index < -0.39 is 0 Å². The number of carbonyl (C=O) groups is 2. The molecule has 1 fully saturated rings. The van der Waals surface area contributed by atoms with Crippen LogP contribution in [0.5, 0.6) is 5.75 Å². The molecule has 0 atom stereocenters. The van der Waals surface area contributed by atoms with Gasteiger partial charge in [0.05, 0.1) is 12.6 Å². The molecule has 4 rings (SSSR count). The predicted octanol–water partition coefficient (Wildman–Crippen LogP) is 3.47. The van der Waals surface area contributed by atoms with Gasteiger partial charge in [-0.15, -0.1) is 0 Å². The third-order valence-corrected chi connectivity index (χ3v) is 5.37. The van der Waals surface area contributed by atoms with Crippen molar-refractivity contribution in [2.24, 2.45) is 5.92 Å². The number of methoxy groups -OCH3 is 1. The number of rotatable bonds is 4. The van der Waals surface area contributed by atoms with Crippen LogP contribution in [-0.4, -0.2) is 46.3 Å². The van der Waals surface area contributed by atoms with Gasteiger partial charge in [0.25, 0.3) is 11.8 Å². The van der Waals surface area contributed by atoms with E-state index in [1.807, 2.05) is 17.0 Å². The molecule has 0 radical (unpaired) electrons. The molecule has 3 aromatic rings. The lowest BCUT2D eigenvalue weighted by atomic mass is 9.99. The fourth-order valence-electron chi connectivity index (χ4n) is 3.57. The summed E-state index contributed by atoms with van der Waals surface area (Å²) in [5.74, 6) is 1.11. The highest BCUT2D eigenvalue weighted by Gasteiger charge is 2.27. The van der Waals surface area contributed by atoms with Gasteiger partial charge in [-0.25, -0.2) is 4.98 Å². The van der Waals surface area contributed by atoms with Crippen LogP contribution in [0.3, 0.4) is 0 Å². The lowest BCUT2D eigenvalue weighted by molar-refractivity contribution is 0.0684. The van der Waals surface area contributed by atoms with Crippen LogP contribution in [0.1, 0.15) is 40.9 Å². The van der Waals surface area contributed by atoms with Crippen molar-refractivity contribution in [3.63, 3.8) is 0 Å². The molecule has 0 unspecified atom stereocenters. The van der Waals surface area contributed by atoms with E-state index in [0.717, 1.165) is 25.9 Å². The lowest BCUT2D eigenvalue weighted by Gasteiger charge is -2.29. The fourth-order valence-corrected chi connectivity index (χ4v) is 3.57. The molecule has 1 aromatic carbocycles. The molecule has 2 aromatic heterocycles. The number of pyridine rings is 1. The van der Waals surface area contributed by atoms with Crippen molar-refractivity contribution in [2.45, 2.75) is 19.8 Å². The Labute approximate surface area is 169 Å². The maximum absolute atomic E-state index is 13.1. The fraction of sp³-hybridized carbons (Fsp3) is 0.318. The van der Waals surface area contributed by atoms with E-state index in [9.17, 15) is 9.59 Å². The van der Waals surface area contributed by atoms with Crippen molar-refractivity contribution < 1.29 is 14.3 Å². The number of benzene rings is 1. The zero-order chi connectivity index (χ0) is 20.4. The number of nitrogens with one attached hydrogen (secondary N) is 1. The average molecular weight is 392 g/mol. The second kappa shape index (κ2) is 7.95. The number of amides is 2. The van der Waals surface area contributed by atoms with E-state index in [4.69, 9.17) is 4.74 Å². The Morgan fingerprint density at radius 3 is 2.52 bits per heavy atom. The first-order chi connectivity index (χ1) is 14.1. The Morgan fingerprint density at radius 2 is 1.83 bits per heavy atom. The van der Waals surface area contributed by atoms with Crippen LogP contribution in [0, 0.1) is 5.92 Å². The minimum absolute atomic E-state index is 0.137. The Hall–Kier alpha value is -3.35. The monoisotopic (exact) mass is 392 g/mol. The molecule has 1 N–H and O–H groups in total. The second-order valence-electron chi connectivity index (χ2n) is 7.40. The van der Waals surface area contributed by atoms with Crippen molar-refractivity contribution >= 4 is 23.0 Å². The second-order valence-corrected chi connectivity index (χ2v) is 7.40. The van der Waals surface area contributed by atoms with Crippen LogP contribution in [0.15, 0.2) is 48.7 Å². The number of ether oxygens (including phenoxy) is 1. The molecule has 7 nitrogen and oxygen atoms in total. The summed E-state index contributed by atoms with van der Waals surface area (Å²) in [5.41, 5.74) is 1.47. The molecule has 3 heterocycles. The van der Waals surface area contributed by atoms with Gasteiger partial charge in [0.1, 0.15) is 5.75 Å². The summed E-state index contributed by atoms with van der Waals surface area (Å²) >= 11 is 0. The van der Waals surface area contributed by atoms with Gasteiger partial charge in [-0.2, -0.15) is 0 Å². The molecule has 0 saturated carbocycles. The minimum Gasteiger partial charge on any atom is -0.497 e. The summed E-state index contributed by atoms with van der Waals surface area (Å²) in [6, 6.07) is 12.5. The van der Waals surface area contributed by atoms with E-state index in [-0.39, 0.29) is 23.3 Å². The van der Waals surface area contributed by atoms with Gasteiger partial charge in [-0.3, -0.25) is 14.0 Å². The van der Waals surface area contributed by atoms with Gasteiger partial charge in [-0.05, 0) is 55.2 Å². The highest BCUT2D eigenvalue weighted by molar-refractivity contribution is 6.09. The van der Waals surface area contributed by atoms with Gasteiger partial charge in [0.15, 0.2) is 5.69 Å². The molecule has 2 amide bonds. The number of likely N-dealkylation sites (tertiary alicyclic amines) is 1. The third-order valence-electron chi connectivity index (χ3n) is 5.37. The number of imidazole rings is 1. The summed E-state index contributed by atoms with van der Waals surface area (Å²) in [7, 11) is 1.59. The van der Waals surface area contributed by atoms with E-state index in [1.165, 1.54) is 0 Å². The SMILES string of the molecule is COc1ccc(NC(=O)c2nc(C(=O)N3CCC(C)CC3)n3ccccc23)cc1. The average Bonchev–Trinajstić information content (AvgIpc) is 3.14. The maximum Gasteiger partial charge on any atom is 0.290 e. The standard InChI is InChI=1S/C22H24N4O3/c1-15-10-13-25(14-11-15)22(28)20-24-19(18-5-3-4-12-26(18)20)21(27)23-16-6-8-17(29-2)9-7-16/h3-9,12,15H,10-11,13-14H2,1-2H3,(H,23,27). The molecule has 1 saturated heterocycles. The normalized spacial score (nSPS) is 14.8. The number of hydrogen-bond donors (Lipinski definition) is 1. The smallest absolute Gasteiger partial charge is 0.290 e. The van der Waals surface area contributed by atoms with Crippen LogP contribution in [0.25, 0.3) is 5.52 Å². The number of fused-ring (bicyclic) bond motifs is 1. The van der Waals surface area contributed by atoms with E-state index in [0.29, 0.717) is 22.9 Å². The topological polar surface area (TPSA) is 75.9 Å². The number of hydrogen-bond acceptors (Lipinski definition) is 4. The van der Waals surface area contributed by atoms with Crippen LogP contribution in [-0.2, 0) is 0 Å². The van der Waals surface area contributed by atoms with Crippen molar-refractivity contribution in [2.75, 3.05) is 25.5 Å². The van der Waals surface area contributed by atoms with Gasteiger partial charge in [0, 0.05) is 25.0 Å². The zero-order valence-electron chi connectivity index (χ0n) is 16.6. The quantitative estimate of drug-likeness (QED) is 0.738. The van der Waals surface area contributed by atoms with Crippen molar-refractivity contribution in [1.82, 2.24) is 14.3 Å². The van der Waals surface area contributed by atoms with Crippen molar-refractivity contribution in [1.29, 1.82) is 0 Å². The Kier molecular flexibility index (Phi) is 5.20. The van der Waals surface area contributed by atoms with E-state index >= 15 is 0 Å². The summed E-state index contributed by atoms with van der Waals surface area (Å²) < 4.78 is 6.84. The summed E-state index contributed by atoms with van der Waals surface area (Å²) in [5, 5.41) is 2.84. The Bertz CT molecular complexity index is 1030. The highest BCUT2D eigenvalue weighted by atomic mass is 16.5. The number of carbonyl (C=O) groups excluding carboxylic acids is 2.